The molecule has 0 spiro atoms. The highest BCUT2D eigenvalue weighted by Gasteiger charge is 2.34. The van der Waals surface area contributed by atoms with Gasteiger partial charge in [-0.25, -0.2) is 0 Å². The Morgan fingerprint density at radius 3 is 2.43 bits per heavy atom. The van der Waals surface area contributed by atoms with E-state index < -0.39 is 6.04 Å². The SMILES string of the molecule is CCCCN.O=C(CNC(=O)C1CCCN1C(=O)Cc1cccc2ccccc12)NCC1CCCCC1. The van der Waals surface area contributed by atoms with Crippen molar-refractivity contribution in [1.82, 2.24) is 15.5 Å². The van der Waals surface area contributed by atoms with Gasteiger partial charge in [0.2, 0.25) is 17.7 Å². The Morgan fingerprint density at radius 1 is 0.946 bits per heavy atom. The number of amides is 3. The molecule has 1 atom stereocenters. The van der Waals surface area contributed by atoms with Gasteiger partial charge in [-0.05, 0) is 60.9 Å². The van der Waals surface area contributed by atoms with E-state index in [1.807, 2.05) is 42.5 Å². The van der Waals surface area contributed by atoms with Crippen LogP contribution in [0, 0.1) is 5.92 Å². The van der Waals surface area contributed by atoms with Gasteiger partial charge in [-0.1, -0.05) is 75.1 Å². The number of carbonyl (C=O) groups excluding carboxylic acids is 3. The number of likely N-dealkylation sites (tertiary alicyclic amines) is 1. The molecule has 2 fully saturated rings. The van der Waals surface area contributed by atoms with Gasteiger partial charge < -0.3 is 21.3 Å². The molecule has 202 valence electrons. The molecule has 3 amide bonds. The molecule has 1 saturated carbocycles. The van der Waals surface area contributed by atoms with Gasteiger partial charge in [-0.3, -0.25) is 14.4 Å². The molecule has 1 aliphatic heterocycles. The molecule has 0 aromatic heterocycles. The van der Waals surface area contributed by atoms with Crippen LogP contribution in [0.3, 0.4) is 0 Å². The summed E-state index contributed by atoms with van der Waals surface area (Å²) in [5, 5.41) is 7.87. The van der Waals surface area contributed by atoms with Crippen LogP contribution in [0.1, 0.15) is 70.3 Å². The Morgan fingerprint density at radius 2 is 1.70 bits per heavy atom. The third-order valence-corrected chi connectivity index (χ3v) is 7.39. The minimum absolute atomic E-state index is 0.0343. The number of nitrogens with two attached hydrogens (primary N) is 1. The Hall–Kier alpha value is -2.93. The Bertz CT molecular complexity index is 1010. The number of nitrogens with one attached hydrogen (secondary N) is 2. The Labute approximate surface area is 221 Å². The number of carbonyl (C=O) groups is 3. The average Bonchev–Trinajstić information content (AvgIpc) is 3.43. The van der Waals surface area contributed by atoms with Gasteiger partial charge in [0.1, 0.15) is 6.04 Å². The van der Waals surface area contributed by atoms with Crippen molar-refractivity contribution in [1.29, 1.82) is 0 Å². The normalized spacial score (nSPS) is 17.7. The van der Waals surface area contributed by atoms with Crippen LogP contribution in [-0.4, -0.2) is 54.8 Å². The van der Waals surface area contributed by atoms with Gasteiger partial charge in [-0.2, -0.15) is 0 Å². The molecule has 0 radical (unpaired) electrons. The summed E-state index contributed by atoms with van der Waals surface area (Å²) in [5.41, 5.74) is 6.11. The second kappa shape index (κ2) is 15.4. The standard InChI is InChI=1S/C26H33N3O3.C4H11N/c30-24(27-17-19-8-2-1-3-9-19)18-28-26(32)23-14-7-15-29(23)25(31)16-21-12-6-11-20-10-4-5-13-22(20)21;1-2-3-4-5/h4-6,10-13,19,23H,1-3,7-9,14-18H2,(H,27,30)(H,28,32);2-5H2,1H3. The first-order valence-electron chi connectivity index (χ1n) is 14.0. The fraction of sp³-hybridized carbons (Fsp3) is 0.567. The summed E-state index contributed by atoms with van der Waals surface area (Å²) in [6, 6.07) is 13.5. The third-order valence-electron chi connectivity index (χ3n) is 7.39. The molecule has 0 bridgehead atoms. The van der Waals surface area contributed by atoms with E-state index in [-0.39, 0.29) is 30.7 Å². The summed E-state index contributed by atoms with van der Waals surface area (Å²) >= 11 is 0. The van der Waals surface area contributed by atoms with Crippen LogP contribution < -0.4 is 16.4 Å². The summed E-state index contributed by atoms with van der Waals surface area (Å²) < 4.78 is 0. The van der Waals surface area contributed by atoms with Crippen molar-refractivity contribution in [2.24, 2.45) is 11.7 Å². The number of rotatable bonds is 9. The van der Waals surface area contributed by atoms with Gasteiger partial charge in [-0.15, -0.1) is 0 Å². The predicted octanol–water partition coefficient (Wildman–Crippen LogP) is 3.93. The summed E-state index contributed by atoms with van der Waals surface area (Å²) in [6.45, 7) is 4.21. The van der Waals surface area contributed by atoms with Crippen LogP contribution in [0.2, 0.25) is 0 Å². The highest BCUT2D eigenvalue weighted by Crippen LogP contribution is 2.24. The molecule has 37 heavy (non-hydrogen) atoms. The van der Waals surface area contributed by atoms with Crippen LogP contribution in [0.15, 0.2) is 42.5 Å². The summed E-state index contributed by atoms with van der Waals surface area (Å²) in [5.74, 6) is 0.123. The van der Waals surface area contributed by atoms with E-state index in [0.29, 0.717) is 25.4 Å². The van der Waals surface area contributed by atoms with Crippen LogP contribution in [0.4, 0.5) is 0 Å². The van der Waals surface area contributed by atoms with E-state index in [4.69, 9.17) is 5.73 Å². The molecule has 1 saturated heterocycles. The minimum Gasteiger partial charge on any atom is -0.354 e. The minimum atomic E-state index is -0.497. The van der Waals surface area contributed by atoms with E-state index in [2.05, 4.69) is 17.6 Å². The lowest BCUT2D eigenvalue weighted by Gasteiger charge is -2.24. The van der Waals surface area contributed by atoms with Crippen molar-refractivity contribution in [2.45, 2.75) is 77.2 Å². The maximum atomic E-state index is 13.1. The molecule has 4 rings (SSSR count). The molecule has 2 aromatic rings. The van der Waals surface area contributed by atoms with Crippen molar-refractivity contribution in [3.63, 3.8) is 0 Å². The third kappa shape index (κ3) is 8.85. The van der Waals surface area contributed by atoms with Crippen LogP contribution >= 0.6 is 0 Å². The van der Waals surface area contributed by atoms with Crippen molar-refractivity contribution in [2.75, 3.05) is 26.2 Å². The number of unbranched alkanes of at least 4 members (excludes halogenated alkanes) is 1. The molecule has 7 nitrogen and oxygen atoms in total. The lowest BCUT2D eigenvalue weighted by atomic mass is 9.89. The van der Waals surface area contributed by atoms with Crippen molar-refractivity contribution in [3.05, 3.63) is 48.0 Å². The van der Waals surface area contributed by atoms with Gasteiger partial charge in [0.25, 0.3) is 0 Å². The Balaban J connectivity index is 0.000000695. The second-order valence-electron chi connectivity index (χ2n) is 10.2. The topological polar surface area (TPSA) is 105 Å². The largest absolute Gasteiger partial charge is 0.354 e. The number of fused-ring (bicyclic) bond motifs is 1. The van der Waals surface area contributed by atoms with Crippen molar-refractivity contribution >= 4 is 28.5 Å². The van der Waals surface area contributed by atoms with E-state index in [9.17, 15) is 14.4 Å². The van der Waals surface area contributed by atoms with E-state index in [0.717, 1.165) is 29.3 Å². The van der Waals surface area contributed by atoms with Crippen LogP contribution in [0.25, 0.3) is 10.8 Å². The lowest BCUT2D eigenvalue weighted by Crippen LogP contribution is -2.48. The molecule has 1 unspecified atom stereocenters. The zero-order valence-corrected chi connectivity index (χ0v) is 22.3. The van der Waals surface area contributed by atoms with Crippen LogP contribution in [0.5, 0.6) is 0 Å². The fourth-order valence-corrected chi connectivity index (χ4v) is 5.25. The van der Waals surface area contributed by atoms with E-state index >= 15 is 0 Å². The predicted molar refractivity (Wildman–Crippen MR) is 149 cm³/mol. The van der Waals surface area contributed by atoms with Crippen LogP contribution in [-0.2, 0) is 20.8 Å². The zero-order valence-electron chi connectivity index (χ0n) is 22.3. The molecule has 7 heteroatoms. The van der Waals surface area contributed by atoms with Crippen molar-refractivity contribution < 1.29 is 14.4 Å². The maximum Gasteiger partial charge on any atom is 0.243 e. The van der Waals surface area contributed by atoms with E-state index in [1.165, 1.54) is 44.9 Å². The molecule has 4 N–H and O–H groups in total. The Kier molecular flexibility index (Phi) is 11.9. The first-order valence-corrected chi connectivity index (χ1v) is 14.0. The summed E-state index contributed by atoms with van der Waals surface area (Å²) in [4.78, 5) is 39.7. The fourth-order valence-electron chi connectivity index (χ4n) is 5.25. The van der Waals surface area contributed by atoms with Gasteiger partial charge in [0.15, 0.2) is 0 Å². The maximum absolute atomic E-state index is 13.1. The molecule has 1 aliphatic carbocycles. The highest BCUT2D eigenvalue weighted by atomic mass is 16.2. The average molecular weight is 509 g/mol. The smallest absolute Gasteiger partial charge is 0.243 e. The summed E-state index contributed by atoms with van der Waals surface area (Å²) in [7, 11) is 0. The van der Waals surface area contributed by atoms with Gasteiger partial charge in [0.05, 0.1) is 13.0 Å². The number of benzene rings is 2. The van der Waals surface area contributed by atoms with Crippen molar-refractivity contribution in [3.8, 4) is 0 Å². The number of hydrogen-bond acceptors (Lipinski definition) is 4. The number of nitrogens with zero attached hydrogens (tertiary/aromatic N) is 1. The zero-order chi connectivity index (χ0) is 26.5. The monoisotopic (exact) mass is 508 g/mol. The molecule has 2 aromatic carbocycles. The molecule has 1 heterocycles. The molecule has 2 aliphatic rings. The van der Waals surface area contributed by atoms with E-state index in [1.54, 1.807) is 4.90 Å². The second-order valence-corrected chi connectivity index (χ2v) is 10.2. The number of hydrogen-bond donors (Lipinski definition) is 3. The first kappa shape index (κ1) is 28.6. The highest BCUT2D eigenvalue weighted by molar-refractivity contribution is 5.94. The molecular formula is C30H44N4O3. The lowest BCUT2D eigenvalue weighted by molar-refractivity contribution is -0.138. The van der Waals surface area contributed by atoms with Gasteiger partial charge >= 0.3 is 0 Å². The van der Waals surface area contributed by atoms with Gasteiger partial charge in [0, 0.05) is 13.1 Å². The summed E-state index contributed by atoms with van der Waals surface area (Å²) in [6.07, 6.45) is 10.2. The first-order chi connectivity index (χ1) is 18.0. The quantitative estimate of drug-likeness (QED) is 0.477. The molecular weight excluding hydrogens is 464 g/mol.